The predicted octanol–water partition coefficient (Wildman–Crippen LogP) is 12.5. The molecule has 0 radical (unpaired) electrons. The predicted molar refractivity (Wildman–Crippen MR) is 182 cm³/mol. The fraction of sp³-hybridized carbons (Fsp3) is 0.590. The topological polar surface area (TPSA) is 36.4 Å². The van der Waals surface area contributed by atoms with E-state index in [1.54, 1.807) is 0 Å². The number of unbranched alkanes of at least 4 members (excludes halogenated alkanes) is 7. The first-order valence-electron chi connectivity index (χ1n) is 16.9. The Balaban J connectivity index is 0.000000844. The van der Waals surface area contributed by atoms with Gasteiger partial charge in [-0.3, -0.25) is 0 Å². The van der Waals surface area contributed by atoms with Gasteiger partial charge in [-0.1, -0.05) is 101 Å². The number of hydrogen-bond acceptors (Lipinski definition) is 0. The van der Waals surface area contributed by atoms with Gasteiger partial charge in [-0.15, -0.1) is 4.79 Å². The number of allylic oxidation sites excluding steroid dienone is 2. The second-order valence-electron chi connectivity index (χ2n) is 11.3. The van der Waals surface area contributed by atoms with E-state index in [9.17, 15) is 5.53 Å². The van der Waals surface area contributed by atoms with E-state index in [1.165, 1.54) is 102 Å². The van der Waals surface area contributed by atoms with Crippen LogP contribution in [0.2, 0.25) is 9.79 Å². The average molecular weight is 663 g/mol. The van der Waals surface area contributed by atoms with Crippen LogP contribution in [0.4, 0.5) is 0 Å². The Morgan fingerprint density at radius 3 is 1.55 bits per heavy atom. The zero-order chi connectivity index (χ0) is 30.8. The first-order valence-corrected chi connectivity index (χ1v) is 19.1. The minimum absolute atomic E-state index is 0.861. The van der Waals surface area contributed by atoms with Crippen molar-refractivity contribution < 1.29 is 22.8 Å². The quantitative estimate of drug-likeness (QED) is 0.0338. The zero-order valence-electron chi connectivity index (χ0n) is 27.9. The molecule has 0 spiro atoms. The number of benzene rings is 2. The summed E-state index contributed by atoms with van der Waals surface area (Å²) in [5.74, 6) is 2.87. The summed E-state index contributed by atoms with van der Waals surface area (Å²) < 4.78 is 0. The monoisotopic (exact) mass is 662 g/mol. The van der Waals surface area contributed by atoms with Crippen molar-refractivity contribution in [3.05, 3.63) is 87.5 Å². The second-order valence-corrected chi connectivity index (χ2v) is 13.6. The van der Waals surface area contributed by atoms with Crippen molar-refractivity contribution in [3.63, 3.8) is 0 Å². The molecule has 0 aromatic heterocycles. The van der Waals surface area contributed by atoms with E-state index < -0.39 is 0 Å². The summed E-state index contributed by atoms with van der Waals surface area (Å²) >= 11 is 1.07. The van der Waals surface area contributed by atoms with Gasteiger partial charge in [0.15, 0.2) is 0 Å². The van der Waals surface area contributed by atoms with Crippen molar-refractivity contribution in [2.45, 2.75) is 148 Å². The molecule has 2 nitrogen and oxygen atoms in total. The summed E-state index contributed by atoms with van der Waals surface area (Å²) in [5, 5.41) is 0. The molecule has 0 unspecified atom stereocenters. The van der Waals surface area contributed by atoms with Gasteiger partial charge >= 0.3 is 73.2 Å². The van der Waals surface area contributed by atoms with E-state index in [2.05, 4.69) is 101 Å². The van der Waals surface area contributed by atoms with Crippen LogP contribution in [0.1, 0.15) is 147 Å². The molecule has 0 aliphatic rings. The molecule has 0 aliphatic carbocycles. The third-order valence-electron chi connectivity index (χ3n) is 7.57. The number of hydrogen-bond donors (Lipinski definition) is 0. The standard InChI is InChI=1S/C31H42N2.2C4H9.Pd/c1-5-8-11-12-14-27-18-22-29(23-19-27)31(25(4)30(24-33-32)15-10-7-3)28-20-16-26(17-21-28)13-9-6-2;2*1-3-4-2;/h16-23H,5-15H2,1-4H3;2*1,3-4H2,2H3;. The van der Waals surface area contributed by atoms with Crippen molar-refractivity contribution in [1.82, 2.24) is 0 Å². The summed E-state index contributed by atoms with van der Waals surface area (Å²) in [4.78, 5) is 6.28. The van der Waals surface area contributed by atoms with Gasteiger partial charge in [-0.2, -0.15) is 0 Å². The fourth-order valence-corrected chi connectivity index (χ4v) is 7.03. The fourth-order valence-electron chi connectivity index (χ4n) is 4.77. The van der Waals surface area contributed by atoms with Gasteiger partial charge in [0, 0.05) is 0 Å². The van der Waals surface area contributed by atoms with Crippen LogP contribution in [0.5, 0.6) is 0 Å². The van der Waals surface area contributed by atoms with Crippen LogP contribution in [0.25, 0.3) is 11.1 Å². The number of aryl methyl sites for hydroxylation is 2. The van der Waals surface area contributed by atoms with Gasteiger partial charge in [0.2, 0.25) is 0 Å². The molecular formula is C39H60N2Pd. The molecule has 0 fully saturated rings. The summed E-state index contributed by atoms with van der Waals surface area (Å²) in [7, 11) is 0. The van der Waals surface area contributed by atoms with Gasteiger partial charge in [0.05, 0.1) is 5.57 Å². The summed E-state index contributed by atoms with van der Waals surface area (Å²) in [6, 6.07) is 18.1. The van der Waals surface area contributed by atoms with Gasteiger partial charge in [-0.05, 0) is 78.8 Å². The van der Waals surface area contributed by atoms with Gasteiger partial charge in [0.1, 0.15) is 0 Å². The molecule has 0 bridgehead atoms. The Morgan fingerprint density at radius 2 is 1.10 bits per heavy atom. The Kier molecular flexibility index (Phi) is 23.1. The van der Waals surface area contributed by atoms with Crippen molar-refractivity contribution >= 4 is 11.4 Å². The van der Waals surface area contributed by atoms with Gasteiger partial charge < -0.3 is 5.53 Å². The van der Waals surface area contributed by atoms with E-state index >= 15 is 0 Å². The molecule has 0 amide bonds. The van der Waals surface area contributed by atoms with Crippen LogP contribution < -0.4 is 0 Å². The summed E-state index contributed by atoms with van der Waals surface area (Å²) in [6.45, 7) is 13.4. The Labute approximate surface area is 268 Å². The molecule has 0 N–H and O–H groups in total. The Bertz CT molecular complexity index is 1060. The van der Waals surface area contributed by atoms with Crippen molar-refractivity contribution in [2.75, 3.05) is 0 Å². The average Bonchev–Trinajstić information content (AvgIpc) is 3.02. The van der Waals surface area contributed by atoms with Crippen LogP contribution in [-0.4, -0.2) is 10.7 Å². The van der Waals surface area contributed by atoms with Crippen molar-refractivity contribution in [2.24, 2.45) is 0 Å². The van der Waals surface area contributed by atoms with E-state index in [4.69, 9.17) is 0 Å². The van der Waals surface area contributed by atoms with Crippen LogP contribution in [0.3, 0.4) is 0 Å². The zero-order valence-corrected chi connectivity index (χ0v) is 29.4. The van der Waals surface area contributed by atoms with Gasteiger partial charge in [-0.25, -0.2) is 0 Å². The van der Waals surface area contributed by atoms with E-state index in [0.29, 0.717) is 0 Å². The maximum atomic E-state index is 9.25. The molecule has 2 rings (SSSR count). The molecule has 2 aromatic rings. The SMILES string of the molecule is CCCCCCc1ccc(C(=C(C)C(=C=[N+]=[N-])CCCC)c2ccc(CCCC)cc2)cc1.CCC[CH2][Pd][CH2]CCC. The molecule has 0 saturated heterocycles. The Hall–Kier alpha value is -2.00. The minimum atomic E-state index is 0.861. The van der Waals surface area contributed by atoms with E-state index in [0.717, 1.165) is 61.2 Å². The Morgan fingerprint density at radius 1 is 0.619 bits per heavy atom. The summed E-state index contributed by atoms with van der Waals surface area (Å²) in [5.41, 5.74) is 17.8. The molecule has 0 heterocycles. The first kappa shape index (κ1) is 38.0. The third kappa shape index (κ3) is 16.0. The summed E-state index contributed by atoms with van der Waals surface area (Å²) in [6.07, 6.45) is 18.5. The molecule has 42 heavy (non-hydrogen) atoms. The number of rotatable bonds is 20. The molecule has 0 saturated carbocycles. The van der Waals surface area contributed by atoms with Crippen molar-refractivity contribution in [1.29, 1.82) is 0 Å². The number of nitrogens with zero attached hydrogens (tertiary/aromatic N) is 2. The van der Waals surface area contributed by atoms with Crippen LogP contribution in [-0.2, 0) is 30.8 Å². The van der Waals surface area contributed by atoms with Crippen LogP contribution in [0.15, 0.2) is 59.7 Å². The molecule has 236 valence electrons. The molecule has 0 atom stereocenters. The first-order chi connectivity index (χ1) is 20.6. The molecule has 2 aromatic carbocycles. The van der Waals surface area contributed by atoms with E-state index in [1.807, 2.05) is 0 Å². The third-order valence-corrected chi connectivity index (χ3v) is 9.77. The molecule has 0 aliphatic heterocycles. The van der Waals surface area contributed by atoms with Crippen LogP contribution >= 0.6 is 0 Å². The second kappa shape index (κ2) is 25.5. The van der Waals surface area contributed by atoms with E-state index in [-0.39, 0.29) is 0 Å². The normalized spacial score (nSPS) is 11.3. The van der Waals surface area contributed by atoms with Crippen molar-refractivity contribution in [3.8, 4) is 0 Å². The van der Waals surface area contributed by atoms with Gasteiger partial charge in [0.25, 0.3) is 0 Å². The maximum absolute atomic E-state index is 9.25. The molecular weight excluding hydrogens is 603 g/mol. The molecule has 3 heteroatoms. The van der Waals surface area contributed by atoms with Crippen LogP contribution in [0, 0.1) is 0 Å².